The predicted octanol–water partition coefficient (Wildman–Crippen LogP) is 5.80. The van der Waals surface area contributed by atoms with E-state index in [1.54, 1.807) is 31.5 Å². The molecule has 1 aliphatic carbocycles. The molecule has 1 atom stereocenters. The van der Waals surface area contributed by atoms with Crippen LogP contribution in [-0.4, -0.2) is 47.0 Å². The van der Waals surface area contributed by atoms with Crippen molar-refractivity contribution in [2.45, 2.75) is 57.8 Å². The Morgan fingerprint density at radius 1 is 1.10 bits per heavy atom. The van der Waals surface area contributed by atoms with Gasteiger partial charge in [0.2, 0.25) is 0 Å². The fourth-order valence-electron chi connectivity index (χ4n) is 4.83. The third-order valence-electron chi connectivity index (χ3n) is 6.85. The molecule has 1 N–H and O–H groups in total. The molecule has 1 saturated carbocycles. The molecule has 2 amide bonds. The molecule has 9 heteroatoms. The van der Waals surface area contributed by atoms with Crippen molar-refractivity contribution in [2.75, 3.05) is 12.4 Å². The summed E-state index contributed by atoms with van der Waals surface area (Å²) < 4.78 is 17.6. The van der Waals surface area contributed by atoms with Crippen LogP contribution in [0.1, 0.15) is 60.5 Å². The summed E-state index contributed by atoms with van der Waals surface area (Å²) in [5, 5.41) is 8.91. The summed E-state index contributed by atoms with van der Waals surface area (Å²) in [4.78, 5) is 29.4. The standard InChI is InChI=1S/C30H32N4O5/c1-3-25-28(21-13-14-26(37-2)27(17-21)38-24-11-4-5-12-24)33-34(30(36)39-25)19-20-8-6-10-23(16-20)32-29(35)22-9-7-15-31-18-22/h6-10,13-18,24-25H,3-5,11-12,19H2,1-2H3,(H,32,35). The molecule has 1 aromatic heterocycles. The van der Waals surface area contributed by atoms with Crippen molar-refractivity contribution in [3.63, 3.8) is 0 Å². The normalized spacial score (nSPS) is 17.4. The Balaban J connectivity index is 1.37. The highest BCUT2D eigenvalue weighted by atomic mass is 16.6. The number of amides is 2. The molecule has 3 aromatic rings. The van der Waals surface area contributed by atoms with Gasteiger partial charge in [-0.25, -0.2) is 4.79 Å². The molecular weight excluding hydrogens is 496 g/mol. The van der Waals surface area contributed by atoms with E-state index in [0.717, 1.165) is 36.8 Å². The zero-order valence-electron chi connectivity index (χ0n) is 22.1. The van der Waals surface area contributed by atoms with Gasteiger partial charge in [0.1, 0.15) is 11.8 Å². The number of carbonyl (C=O) groups excluding carboxylic acids is 2. The van der Waals surface area contributed by atoms with Crippen molar-refractivity contribution in [1.29, 1.82) is 0 Å². The van der Waals surface area contributed by atoms with Crippen LogP contribution in [-0.2, 0) is 11.3 Å². The number of cyclic esters (lactones) is 1. The minimum absolute atomic E-state index is 0.171. The van der Waals surface area contributed by atoms with Gasteiger partial charge in [0.25, 0.3) is 5.91 Å². The van der Waals surface area contributed by atoms with Gasteiger partial charge in [-0.3, -0.25) is 9.78 Å². The van der Waals surface area contributed by atoms with E-state index < -0.39 is 12.2 Å². The zero-order valence-corrected chi connectivity index (χ0v) is 22.1. The van der Waals surface area contributed by atoms with Crippen LogP contribution in [0.2, 0.25) is 0 Å². The number of nitrogens with zero attached hydrogens (tertiary/aromatic N) is 3. The Kier molecular flexibility index (Phi) is 8.05. The monoisotopic (exact) mass is 528 g/mol. The number of nitrogens with one attached hydrogen (secondary N) is 1. The Hall–Kier alpha value is -4.40. The first-order valence-electron chi connectivity index (χ1n) is 13.3. The van der Waals surface area contributed by atoms with Crippen LogP contribution in [0.4, 0.5) is 10.5 Å². The Morgan fingerprint density at radius 2 is 1.95 bits per heavy atom. The van der Waals surface area contributed by atoms with E-state index in [1.807, 2.05) is 43.3 Å². The Bertz CT molecular complexity index is 1350. The van der Waals surface area contributed by atoms with E-state index in [9.17, 15) is 9.59 Å². The van der Waals surface area contributed by atoms with Crippen LogP contribution < -0.4 is 14.8 Å². The summed E-state index contributed by atoms with van der Waals surface area (Å²) in [5.41, 5.74) is 3.31. The topological polar surface area (TPSA) is 102 Å². The lowest BCUT2D eigenvalue weighted by molar-refractivity contribution is 0.0712. The maximum Gasteiger partial charge on any atom is 0.431 e. The molecule has 39 heavy (non-hydrogen) atoms. The molecule has 0 saturated heterocycles. The smallest absolute Gasteiger partial charge is 0.431 e. The first-order chi connectivity index (χ1) is 19.0. The molecule has 0 spiro atoms. The third-order valence-corrected chi connectivity index (χ3v) is 6.85. The van der Waals surface area contributed by atoms with Gasteiger partial charge in [-0.05, 0) is 80.1 Å². The zero-order chi connectivity index (χ0) is 27.2. The summed E-state index contributed by atoms with van der Waals surface area (Å²) >= 11 is 0. The second kappa shape index (κ2) is 12.0. The molecule has 1 fully saturated rings. The Labute approximate surface area is 227 Å². The van der Waals surface area contributed by atoms with E-state index >= 15 is 0 Å². The number of benzene rings is 2. The minimum Gasteiger partial charge on any atom is -0.493 e. The molecule has 5 rings (SSSR count). The van der Waals surface area contributed by atoms with Crippen LogP contribution in [0.15, 0.2) is 72.1 Å². The molecule has 0 bridgehead atoms. The van der Waals surface area contributed by atoms with Crippen molar-refractivity contribution in [1.82, 2.24) is 9.99 Å². The van der Waals surface area contributed by atoms with Gasteiger partial charge in [0.15, 0.2) is 11.5 Å². The molecule has 2 aromatic carbocycles. The fraction of sp³-hybridized carbons (Fsp3) is 0.333. The van der Waals surface area contributed by atoms with Crippen molar-refractivity contribution in [2.24, 2.45) is 5.10 Å². The van der Waals surface area contributed by atoms with Gasteiger partial charge in [-0.1, -0.05) is 19.1 Å². The van der Waals surface area contributed by atoms with Crippen LogP contribution in [0, 0.1) is 0 Å². The number of carbonyl (C=O) groups is 2. The number of hydrazone groups is 1. The number of methoxy groups -OCH3 is 1. The van der Waals surface area contributed by atoms with Gasteiger partial charge < -0.3 is 19.5 Å². The second-order valence-electron chi connectivity index (χ2n) is 9.61. The first kappa shape index (κ1) is 26.2. The minimum atomic E-state index is -0.522. The number of hydrogen-bond acceptors (Lipinski definition) is 7. The summed E-state index contributed by atoms with van der Waals surface area (Å²) in [6.07, 6.45) is 7.25. The summed E-state index contributed by atoms with van der Waals surface area (Å²) in [6.45, 7) is 2.13. The van der Waals surface area contributed by atoms with Crippen LogP contribution in [0.3, 0.4) is 0 Å². The number of ether oxygens (including phenoxy) is 3. The summed E-state index contributed by atoms with van der Waals surface area (Å²) in [7, 11) is 1.63. The van der Waals surface area contributed by atoms with Crippen molar-refractivity contribution >= 4 is 23.4 Å². The average molecular weight is 529 g/mol. The molecule has 9 nitrogen and oxygen atoms in total. The van der Waals surface area contributed by atoms with Crippen LogP contribution in [0.25, 0.3) is 0 Å². The largest absolute Gasteiger partial charge is 0.493 e. The maximum atomic E-state index is 12.9. The number of pyridine rings is 1. The van der Waals surface area contributed by atoms with Crippen molar-refractivity contribution in [3.05, 3.63) is 83.7 Å². The predicted molar refractivity (Wildman–Crippen MR) is 147 cm³/mol. The quantitative estimate of drug-likeness (QED) is 0.377. The van der Waals surface area contributed by atoms with Gasteiger partial charge in [0, 0.05) is 23.6 Å². The lowest BCUT2D eigenvalue weighted by Crippen LogP contribution is -2.41. The molecular formula is C30H32N4O5. The maximum absolute atomic E-state index is 12.9. The highest BCUT2D eigenvalue weighted by molar-refractivity contribution is 6.06. The molecule has 2 heterocycles. The van der Waals surface area contributed by atoms with E-state index in [0.29, 0.717) is 34.9 Å². The highest BCUT2D eigenvalue weighted by Gasteiger charge is 2.31. The van der Waals surface area contributed by atoms with Gasteiger partial charge >= 0.3 is 6.09 Å². The number of rotatable bonds is 9. The van der Waals surface area contributed by atoms with Crippen molar-refractivity contribution in [3.8, 4) is 11.5 Å². The highest BCUT2D eigenvalue weighted by Crippen LogP contribution is 2.34. The van der Waals surface area contributed by atoms with Crippen molar-refractivity contribution < 1.29 is 23.8 Å². The van der Waals surface area contributed by atoms with Gasteiger partial charge in [-0.2, -0.15) is 10.1 Å². The fourth-order valence-corrected chi connectivity index (χ4v) is 4.83. The van der Waals surface area contributed by atoms with Gasteiger partial charge in [0.05, 0.1) is 25.3 Å². The number of aromatic nitrogens is 1. The lowest BCUT2D eigenvalue weighted by atomic mass is 10.0. The van der Waals surface area contributed by atoms with E-state index in [1.165, 1.54) is 11.2 Å². The summed E-state index contributed by atoms with van der Waals surface area (Å²) in [5.74, 6) is 1.06. The molecule has 0 radical (unpaired) electrons. The molecule has 202 valence electrons. The van der Waals surface area contributed by atoms with E-state index in [-0.39, 0.29) is 18.6 Å². The van der Waals surface area contributed by atoms with Crippen LogP contribution in [0.5, 0.6) is 11.5 Å². The number of hydrogen-bond donors (Lipinski definition) is 1. The van der Waals surface area contributed by atoms with Crippen LogP contribution >= 0.6 is 0 Å². The second-order valence-corrected chi connectivity index (χ2v) is 9.61. The summed E-state index contributed by atoms with van der Waals surface area (Å²) in [6, 6.07) is 16.4. The lowest BCUT2D eigenvalue weighted by Gasteiger charge is -2.29. The Morgan fingerprint density at radius 3 is 2.69 bits per heavy atom. The van der Waals surface area contributed by atoms with Gasteiger partial charge in [-0.15, -0.1) is 0 Å². The first-order valence-corrected chi connectivity index (χ1v) is 13.3. The number of anilines is 1. The van der Waals surface area contributed by atoms with E-state index in [2.05, 4.69) is 10.3 Å². The third kappa shape index (κ3) is 6.19. The molecule has 2 aliphatic rings. The average Bonchev–Trinajstić information content (AvgIpc) is 3.47. The molecule has 1 unspecified atom stereocenters. The SMILES string of the molecule is CCC1OC(=O)N(Cc2cccc(NC(=O)c3cccnc3)c2)N=C1c1ccc(OC)c(OC2CCCC2)c1. The van der Waals surface area contributed by atoms with E-state index in [4.69, 9.17) is 19.3 Å². The molecule has 1 aliphatic heterocycles.